The molecule has 1 aromatic heterocycles. The topological polar surface area (TPSA) is 54.5 Å². The molecule has 1 unspecified atom stereocenters. The number of carbonyl (C=O) groups excluding carboxylic acids is 1. The molecule has 0 radical (unpaired) electrons. The minimum Gasteiger partial charge on any atom is -0.468 e. The number of likely N-dealkylation sites (N-methyl/N-ethyl adjacent to an activating group) is 1. The fraction of sp³-hybridized carbons (Fsp3) is 0.714. The second-order valence-corrected chi connectivity index (χ2v) is 6.90. The number of methoxy groups -OCH3 is 1. The molecule has 0 aliphatic rings. The molecule has 1 rings (SSSR count). The van der Waals surface area contributed by atoms with Gasteiger partial charge < -0.3 is 9.64 Å². The van der Waals surface area contributed by atoms with Crippen molar-refractivity contribution in [2.45, 2.75) is 32.2 Å². The molecular weight excluding hydrogens is 274 g/mol. The summed E-state index contributed by atoms with van der Waals surface area (Å²) in [5.41, 5.74) is 0.735. The summed E-state index contributed by atoms with van der Waals surface area (Å²) in [5, 5.41) is 6.17. The molecule has 0 saturated heterocycles. The van der Waals surface area contributed by atoms with Gasteiger partial charge >= 0.3 is 5.97 Å². The summed E-state index contributed by atoms with van der Waals surface area (Å²) in [6.45, 7) is 7.89. The first-order chi connectivity index (χ1) is 9.25. The van der Waals surface area contributed by atoms with Gasteiger partial charge in [-0.25, -0.2) is 9.78 Å². The Morgan fingerprint density at radius 1 is 1.50 bits per heavy atom. The predicted molar refractivity (Wildman–Crippen MR) is 82.1 cm³/mol. The molecule has 114 valence electrons. The van der Waals surface area contributed by atoms with E-state index in [2.05, 4.69) is 36.0 Å². The summed E-state index contributed by atoms with van der Waals surface area (Å²) in [6.07, 6.45) is 0. The normalized spacial score (nSPS) is 13.6. The summed E-state index contributed by atoms with van der Waals surface area (Å²) < 4.78 is 4.87. The summed E-state index contributed by atoms with van der Waals surface area (Å²) in [6, 6.07) is -0.493. The maximum absolute atomic E-state index is 11.9. The van der Waals surface area contributed by atoms with Gasteiger partial charge in [0, 0.05) is 23.9 Å². The fourth-order valence-corrected chi connectivity index (χ4v) is 2.56. The number of nitrogens with one attached hydrogen (secondary N) is 1. The van der Waals surface area contributed by atoms with Crippen LogP contribution in [0.25, 0.3) is 0 Å². The van der Waals surface area contributed by atoms with Gasteiger partial charge in [-0.3, -0.25) is 5.32 Å². The average molecular weight is 299 g/mol. The van der Waals surface area contributed by atoms with Crippen molar-refractivity contribution < 1.29 is 9.53 Å². The number of nitrogens with zero attached hydrogens (tertiary/aromatic N) is 2. The van der Waals surface area contributed by atoms with Crippen LogP contribution in [0.5, 0.6) is 0 Å². The Morgan fingerprint density at radius 3 is 2.60 bits per heavy atom. The van der Waals surface area contributed by atoms with Crippen LogP contribution in [-0.2, 0) is 14.9 Å². The number of hydrogen-bond donors (Lipinski definition) is 1. The van der Waals surface area contributed by atoms with E-state index >= 15 is 0 Å². The molecule has 1 heterocycles. The summed E-state index contributed by atoms with van der Waals surface area (Å²) in [4.78, 5) is 18.6. The maximum Gasteiger partial charge on any atom is 0.329 e. The van der Waals surface area contributed by atoms with Gasteiger partial charge in [0.25, 0.3) is 0 Å². The van der Waals surface area contributed by atoms with E-state index in [4.69, 9.17) is 4.74 Å². The third-order valence-corrected chi connectivity index (χ3v) is 4.09. The number of rotatable bonds is 6. The van der Waals surface area contributed by atoms with Crippen molar-refractivity contribution in [1.82, 2.24) is 15.2 Å². The average Bonchev–Trinajstić information content (AvgIpc) is 2.82. The molecule has 0 amide bonds. The molecule has 0 fully saturated rings. The molecule has 5 nitrogen and oxygen atoms in total. The van der Waals surface area contributed by atoms with Crippen LogP contribution in [0.15, 0.2) is 5.38 Å². The lowest BCUT2D eigenvalue weighted by molar-refractivity contribution is -0.143. The van der Waals surface area contributed by atoms with Crippen LogP contribution in [0.4, 0.5) is 0 Å². The van der Waals surface area contributed by atoms with E-state index in [1.807, 2.05) is 19.5 Å². The number of ether oxygens (including phenoxy) is 1. The Morgan fingerprint density at radius 2 is 2.15 bits per heavy atom. The van der Waals surface area contributed by atoms with Crippen LogP contribution >= 0.6 is 11.3 Å². The van der Waals surface area contributed by atoms with E-state index in [0.29, 0.717) is 6.54 Å². The Balaban J connectivity index is 2.83. The van der Waals surface area contributed by atoms with Gasteiger partial charge in [0.2, 0.25) is 0 Å². The van der Waals surface area contributed by atoms with Crippen molar-refractivity contribution in [3.05, 3.63) is 16.1 Å². The summed E-state index contributed by atoms with van der Waals surface area (Å²) in [7, 11) is 5.39. The molecule has 0 aliphatic heterocycles. The van der Waals surface area contributed by atoms with Gasteiger partial charge in [-0.15, -0.1) is 11.3 Å². The van der Waals surface area contributed by atoms with Crippen LogP contribution in [0.2, 0.25) is 0 Å². The lowest BCUT2D eigenvalue weighted by atomic mass is 9.98. The van der Waals surface area contributed by atoms with Crippen LogP contribution < -0.4 is 5.32 Å². The van der Waals surface area contributed by atoms with Gasteiger partial charge in [-0.05, 0) is 14.1 Å². The van der Waals surface area contributed by atoms with Crippen molar-refractivity contribution in [2.75, 3.05) is 34.3 Å². The van der Waals surface area contributed by atoms with Crippen molar-refractivity contribution in [2.24, 2.45) is 0 Å². The summed E-state index contributed by atoms with van der Waals surface area (Å²) >= 11 is 1.58. The van der Waals surface area contributed by atoms with Gasteiger partial charge in [0.1, 0.15) is 6.04 Å². The Kier molecular flexibility index (Phi) is 6.10. The maximum atomic E-state index is 11.9. The first-order valence-corrected chi connectivity index (χ1v) is 7.55. The zero-order valence-corrected chi connectivity index (χ0v) is 14.0. The molecule has 0 aliphatic carbocycles. The molecule has 1 aromatic rings. The minimum absolute atomic E-state index is 0.00672. The fourth-order valence-electron chi connectivity index (χ4n) is 1.62. The number of esters is 1. The number of carbonyl (C=O) groups is 1. The Labute approximate surface area is 125 Å². The molecule has 20 heavy (non-hydrogen) atoms. The molecule has 0 bridgehead atoms. The van der Waals surface area contributed by atoms with E-state index in [-0.39, 0.29) is 11.4 Å². The van der Waals surface area contributed by atoms with Gasteiger partial charge in [-0.1, -0.05) is 20.8 Å². The van der Waals surface area contributed by atoms with Crippen LogP contribution in [0.1, 0.15) is 37.5 Å². The third-order valence-electron chi connectivity index (χ3n) is 2.80. The van der Waals surface area contributed by atoms with Crippen molar-refractivity contribution in [3.63, 3.8) is 0 Å². The van der Waals surface area contributed by atoms with E-state index in [1.54, 1.807) is 11.3 Å². The summed E-state index contributed by atoms with van der Waals surface area (Å²) in [5.74, 6) is -0.297. The van der Waals surface area contributed by atoms with Gasteiger partial charge in [0.05, 0.1) is 17.8 Å². The largest absolute Gasteiger partial charge is 0.468 e. The van der Waals surface area contributed by atoms with Crippen molar-refractivity contribution >= 4 is 17.3 Å². The first kappa shape index (κ1) is 17.1. The highest BCUT2D eigenvalue weighted by molar-refractivity contribution is 7.09. The van der Waals surface area contributed by atoms with Crippen LogP contribution in [0.3, 0.4) is 0 Å². The van der Waals surface area contributed by atoms with Gasteiger partial charge in [-0.2, -0.15) is 0 Å². The first-order valence-electron chi connectivity index (χ1n) is 6.67. The smallest absolute Gasteiger partial charge is 0.329 e. The SMILES string of the molecule is COC(=O)C(NCCN(C)C)c1csc(C(C)(C)C)n1. The second-order valence-electron chi connectivity index (χ2n) is 6.04. The highest BCUT2D eigenvalue weighted by atomic mass is 32.1. The highest BCUT2D eigenvalue weighted by Crippen LogP contribution is 2.28. The lowest BCUT2D eigenvalue weighted by Crippen LogP contribution is -2.34. The lowest BCUT2D eigenvalue weighted by Gasteiger charge is -2.17. The highest BCUT2D eigenvalue weighted by Gasteiger charge is 2.26. The molecule has 1 atom stereocenters. The zero-order valence-electron chi connectivity index (χ0n) is 13.2. The van der Waals surface area contributed by atoms with Crippen molar-refractivity contribution in [3.8, 4) is 0 Å². The Hall–Kier alpha value is -0.980. The van der Waals surface area contributed by atoms with E-state index < -0.39 is 6.04 Å². The minimum atomic E-state index is -0.493. The quantitative estimate of drug-likeness (QED) is 0.812. The second kappa shape index (κ2) is 7.15. The van der Waals surface area contributed by atoms with E-state index in [9.17, 15) is 4.79 Å². The molecule has 6 heteroatoms. The number of thiazole rings is 1. The number of aromatic nitrogens is 1. The van der Waals surface area contributed by atoms with Crippen molar-refractivity contribution in [1.29, 1.82) is 0 Å². The zero-order chi connectivity index (χ0) is 15.3. The molecule has 0 aromatic carbocycles. The third kappa shape index (κ3) is 4.85. The molecular formula is C14H25N3O2S. The van der Waals surface area contributed by atoms with Crippen LogP contribution in [-0.4, -0.2) is 50.1 Å². The monoisotopic (exact) mass is 299 g/mol. The predicted octanol–water partition coefficient (Wildman–Crippen LogP) is 1.81. The molecule has 0 spiro atoms. The van der Waals surface area contributed by atoms with Gasteiger partial charge in [0.15, 0.2) is 0 Å². The molecule has 1 N–H and O–H groups in total. The van der Waals surface area contributed by atoms with E-state index in [0.717, 1.165) is 17.2 Å². The van der Waals surface area contributed by atoms with Crippen LogP contribution in [0, 0.1) is 0 Å². The number of hydrogen-bond acceptors (Lipinski definition) is 6. The Bertz CT molecular complexity index is 438. The molecule has 0 saturated carbocycles. The standard InChI is InChI=1S/C14H25N3O2S/c1-14(2,3)13-16-10(9-20-13)11(12(18)19-6)15-7-8-17(4)5/h9,11,15H,7-8H2,1-6H3. The van der Waals surface area contributed by atoms with E-state index in [1.165, 1.54) is 7.11 Å².